The van der Waals surface area contributed by atoms with E-state index in [9.17, 15) is 10.4 Å². The Kier molecular flexibility index (Phi) is 4.34. The second kappa shape index (κ2) is 5.81. The van der Waals surface area contributed by atoms with Crippen molar-refractivity contribution in [2.75, 3.05) is 13.1 Å². The SMILES string of the molecule is CC1CC(C)CN(C(C#N)c2cc(Cl)ccc2O)C1. The van der Waals surface area contributed by atoms with E-state index in [4.69, 9.17) is 11.6 Å². The van der Waals surface area contributed by atoms with Crippen LogP contribution in [0, 0.1) is 23.2 Å². The van der Waals surface area contributed by atoms with Crippen molar-refractivity contribution in [2.24, 2.45) is 11.8 Å². The molecule has 1 heterocycles. The summed E-state index contributed by atoms with van der Waals surface area (Å²) in [5, 5.41) is 20.0. The van der Waals surface area contributed by atoms with Gasteiger partial charge in [-0.1, -0.05) is 25.4 Å². The van der Waals surface area contributed by atoms with E-state index in [1.165, 1.54) is 6.42 Å². The fourth-order valence-corrected chi connectivity index (χ4v) is 3.19. The fraction of sp³-hybridized carbons (Fsp3) is 0.533. The van der Waals surface area contributed by atoms with Crippen LogP contribution in [0.25, 0.3) is 0 Å². The number of phenols is 1. The number of likely N-dealkylation sites (tertiary alicyclic amines) is 1. The molecule has 1 fully saturated rings. The third-order valence-corrected chi connectivity index (χ3v) is 3.90. The van der Waals surface area contributed by atoms with E-state index < -0.39 is 6.04 Å². The van der Waals surface area contributed by atoms with Crippen LogP contribution in [0.3, 0.4) is 0 Å². The maximum atomic E-state index is 9.96. The van der Waals surface area contributed by atoms with Gasteiger partial charge in [0.15, 0.2) is 0 Å². The van der Waals surface area contributed by atoms with E-state index in [1.54, 1.807) is 18.2 Å². The molecule has 1 N–H and O–H groups in total. The molecule has 1 aromatic rings. The number of hydrogen-bond donors (Lipinski definition) is 1. The molecule has 19 heavy (non-hydrogen) atoms. The predicted octanol–water partition coefficient (Wildman–Crippen LogP) is 3.59. The molecule has 1 aliphatic heterocycles. The van der Waals surface area contributed by atoms with Crippen LogP contribution in [-0.4, -0.2) is 23.1 Å². The third kappa shape index (κ3) is 3.20. The van der Waals surface area contributed by atoms with Crippen molar-refractivity contribution < 1.29 is 5.11 Å². The molecule has 0 aromatic heterocycles. The van der Waals surface area contributed by atoms with Gasteiger partial charge in [0.25, 0.3) is 0 Å². The number of hydrogen-bond acceptors (Lipinski definition) is 3. The quantitative estimate of drug-likeness (QED) is 0.899. The normalized spacial score (nSPS) is 25.8. The molecule has 0 spiro atoms. The number of halogens is 1. The average molecular weight is 279 g/mol. The zero-order chi connectivity index (χ0) is 14.0. The van der Waals surface area contributed by atoms with Crippen LogP contribution in [0.4, 0.5) is 0 Å². The van der Waals surface area contributed by atoms with Gasteiger partial charge >= 0.3 is 0 Å². The van der Waals surface area contributed by atoms with Crippen molar-refractivity contribution in [3.05, 3.63) is 28.8 Å². The molecule has 102 valence electrons. The summed E-state index contributed by atoms with van der Waals surface area (Å²) >= 11 is 5.98. The number of aromatic hydroxyl groups is 1. The lowest BCUT2D eigenvalue weighted by Gasteiger charge is -2.37. The van der Waals surface area contributed by atoms with E-state index in [0.29, 0.717) is 22.4 Å². The predicted molar refractivity (Wildman–Crippen MR) is 76.0 cm³/mol. The minimum absolute atomic E-state index is 0.141. The molecule has 0 radical (unpaired) electrons. The van der Waals surface area contributed by atoms with Crippen molar-refractivity contribution >= 4 is 11.6 Å². The number of rotatable bonds is 2. The molecular formula is C15H19ClN2O. The average Bonchev–Trinajstić information content (AvgIpc) is 2.33. The number of phenolic OH excluding ortho intramolecular Hbond substituents is 1. The number of nitrogens with zero attached hydrogens (tertiary/aromatic N) is 2. The summed E-state index contributed by atoms with van der Waals surface area (Å²) in [7, 11) is 0. The molecule has 4 heteroatoms. The molecule has 0 bridgehead atoms. The van der Waals surface area contributed by atoms with Crippen molar-refractivity contribution in [1.82, 2.24) is 4.90 Å². The first-order valence-electron chi connectivity index (χ1n) is 6.63. The van der Waals surface area contributed by atoms with Crippen molar-refractivity contribution in [3.8, 4) is 11.8 Å². The highest BCUT2D eigenvalue weighted by molar-refractivity contribution is 6.30. The zero-order valence-electron chi connectivity index (χ0n) is 11.3. The van der Waals surface area contributed by atoms with Gasteiger partial charge in [-0.05, 0) is 36.5 Å². The summed E-state index contributed by atoms with van der Waals surface area (Å²) in [5.41, 5.74) is 0.608. The zero-order valence-corrected chi connectivity index (χ0v) is 12.1. The third-order valence-electron chi connectivity index (χ3n) is 3.67. The second-order valence-corrected chi connectivity index (χ2v) is 6.07. The van der Waals surface area contributed by atoms with Gasteiger partial charge in [-0.3, -0.25) is 4.90 Å². The lowest BCUT2D eigenvalue weighted by atomic mass is 9.90. The summed E-state index contributed by atoms with van der Waals surface area (Å²) in [6, 6.07) is 6.76. The Balaban J connectivity index is 2.29. The molecule has 1 aliphatic rings. The highest BCUT2D eigenvalue weighted by atomic mass is 35.5. The van der Waals surface area contributed by atoms with E-state index in [2.05, 4.69) is 24.8 Å². The standard InChI is InChI=1S/C15H19ClN2O/c1-10-5-11(2)9-18(8-10)14(7-17)13-6-12(16)3-4-15(13)19/h3-4,6,10-11,14,19H,5,8-9H2,1-2H3. The Bertz CT molecular complexity index is 487. The molecule has 3 unspecified atom stereocenters. The fourth-order valence-electron chi connectivity index (χ4n) is 3.01. The first kappa shape index (κ1) is 14.2. The first-order chi connectivity index (χ1) is 9.01. The van der Waals surface area contributed by atoms with Gasteiger partial charge in [-0.25, -0.2) is 0 Å². The molecule has 3 nitrogen and oxygen atoms in total. The Morgan fingerprint density at radius 2 is 2.00 bits per heavy atom. The highest BCUT2D eigenvalue weighted by Gasteiger charge is 2.29. The van der Waals surface area contributed by atoms with Crippen molar-refractivity contribution in [3.63, 3.8) is 0 Å². The number of piperidine rings is 1. The van der Waals surface area contributed by atoms with Crippen LogP contribution in [0.1, 0.15) is 31.9 Å². The highest BCUT2D eigenvalue weighted by Crippen LogP contribution is 2.34. The summed E-state index contributed by atoms with van der Waals surface area (Å²) in [5.74, 6) is 1.28. The molecule has 1 saturated heterocycles. The summed E-state index contributed by atoms with van der Waals surface area (Å²) in [6.45, 7) is 6.17. The van der Waals surface area contributed by atoms with Gasteiger partial charge < -0.3 is 5.11 Å². The maximum Gasteiger partial charge on any atom is 0.127 e. The lowest BCUT2D eigenvalue weighted by Crippen LogP contribution is -2.40. The molecule has 0 amide bonds. The summed E-state index contributed by atoms with van der Waals surface area (Å²) < 4.78 is 0. The van der Waals surface area contributed by atoms with Gasteiger partial charge in [0.05, 0.1) is 6.07 Å². The Morgan fingerprint density at radius 3 is 2.58 bits per heavy atom. The Morgan fingerprint density at radius 1 is 1.37 bits per heavy atom. The van der Waals surface area contributed by atoms with Gasteiger partial charge in [0.1, 0.15) is 11.8 Å². The molecule has 1 aromatic carbocycles. The molecule has 3 atom stereocenters. The largest absolute Gasteiger partial charge is 0.508 e. The van der Waals surface area contributed by atoms with E-state index >= 15 is 0 Å². The lowest BCUT2D eigenvalue weighted by molar-refractivity contribution is 0.116. The van der Waals surface area contributed by atoms with Crippen LogP contribution in [0.15, 0.2) is 18.2 Å². The van der Waals surface area contributed by atoms with Crippen LogP contribution < -0.4 is 0 Å². The number of nitriles is 1. The molecule has 0 aliphatic carbocycles. The summed E-state index contributed by atoms with van der Waals surface area (Å²) in [6.07, 6.45) is 1.19. The number of benzene rings is 1. The van der Waals surface area contributed by atoms with E-state index in [0.717, 1.165) is 13.1 Å². The monoisotopic (exact) mass is 278 g/mol. The molecule has 0 saturated carbocycles. The maximum absolute atomic E-state index is 9.96. The molecule has 2 rings (SSSR count). The topological polar surface area (TPSA) is 47.3 Å². The van der Waals surface area contributed by atoms with Crippen LogP contribution in [0.2, 0.25) is 5.02 Å². The van der Waals surface area contributed by atoms with E-state index in [1.807, 2.05) is 0 Å². The van der Waals surface area contributed by atoms with Gasteiger partial charge in [-0.15, -0.1) is 0 Å². The van der Waals surface area contributed by atoms with Crippen LogP contribution >= 0.6 is 11.6 Å². The van der Waals surface area contributed by atoms with Gasteiger partial charge in [0, 0.05) is 23.7 Å². The Labute approximate surface area is 119 Å². The van der Waals surface area contributed by atoms with E-state index in [-0.39, 0.29) is 5.75 Å². The van der Waals surface area contributed by atoms with Gasteiger partial charge in [-0.2, -0.15) is 5.26 Å². The minimum atomic E-state index is -0.427. The summed E-state index contributed by atoms with van der Waals surface area (Å²) in [4.78, 5) is 2.14. The second-order valence-electron chi connectivity index (χ2n) is 5.63. The van der Waals surface area contributed by atoms with Crippen LogP contribution in [-0.2, 0) is 0 Å². The molecular weight excluding hydrogens is 260 g/mol. The van der Waals surface area contributed by atoms with Crippen LogP contribution in [0.5, 0.6) is 5.75 Å². The van der Waals surface area contributed by atoms with Gasteiger partial charge in [0.2, 0.25) is 0 Å². The smallest absolute Gasteiger partial charge is 0.127 e. The first-order valence-corrected chi connectivity index (χ1v) is 7.01. The van der Waals surface area contributed by atoms with Crippen molar-refractivity contribution in [2.45, 2.75) is 26.3 Å². The minimum Gasteiger partial charge on any atom is -0.508 e. The Hall–Kier alpha value is -1.24. The van der Waals surface area contributed by atoms with Crippen molar-refractivity contribution in [1.29, 1.82) is 5.26 Å².